The lowest BCUT2D eigenvalue weighted by Gasteiger charge is -2.17. The van der Waals surface area contributed by atoms with Gasteiger partial charge < -0.3 is 0 Å². The molecule has 0 spiro atoms. The molecule has 4 heteroatoms. The molecule has 1 atom stereocenters. The highest BCUT2D eigenvalue weighted by atomic mass is 35.5. The lowest BCUT2D eigenvalue weighted by Crippen LogP contribution is -2.09. The predicted octanol–water partition coefficient (Wildman–Crippen LogP) is 5.23. The Morgan fingerprint density at radius 3 is 2.00 bits per heavy atom. The largest absolute Gasteiger partial charge is 0.389 e. The van der Waals surface area contributed by atoms with E-state index in [9.17, 15) is 13.2 Å². The number of hydrogen-bond acceptors (Lipinski definition) is 0. The second-order valence-corrected chi connectivity index (χ2v) is 4.96. The quantitative estimate of drug-likeness (QED) is 0.656. The highest BCUT2D eigenvalue weighted by Gasteiger charge is 2.28. The van der Waals surface area contributed by atoms with Crippen molar-refractivity contribution >= 4 is 11.6 Å². The Hall–Kier alpha value is -0.700. The summed E-state index contributed by atoms with van der Waals surface area (Å²) in [5, 5.41) is -0.572. The predicted molar refractivity (Wildman–Crippen MR) is 64.5 cm³/mol. The maximum Gasteiger partial charge on any atom is 0.389 e. The minimum Gasteiger partial charge on any atom is -0.171 e. The van der Waals surface area contributed by atoms with Crippen LogP contribution < -0.4 is 0 Å². The average Bonchev–Trinajstić information content (AvgIpc) is 2.11. The number of aryl methyl sites for hydroxylation is 3. The van der Waals surface area contributed by atoms with E-state index in [1.807, 2.05) is 32.9 Å². The van der Waals surface area contributed by atoms with Crippen LogP contribution in [0, 0.1) is 20.8 Å². The summed E-state index contributed by atoms with van der Waals surface area (Å²) in [5.74, 6) is 0. The summed E-state index contributed by atoms with van der Waals surface area (Å²) in [6.45, 7) is 5.74. The van der Waals surface area contributed by atoms with Crippen LogP contribution >= 0.6 is 11.6 Å². The summed E-state index contributed by atoms with van der Waals surface area (Å²) in [5.41, 5.74) is 3.86. The molecule has 0 saturated heterocycles. The van der Waals surface area contributed by atoms with Crippen molar-refractivity contribution < 1.29 is 13.2 Å². The molecule has 1 aromatic rings. The van der Waals surface area contributed by atoms with Gasteiger partial charge in [0.25, 0.3) is 0 Å². The zero-order valence-electron chi connectivity index (χ0n) is 10.2. The molecule has 0 aromatic heterocycles. The van der Waals surface area contributed by atoms with Crippen LogP contribution in [0.15, 0.2) is 12.1 Å². The lowest BCUT2D eigenvalue weighted by molar-refractivity contribution is -0.135. The minimum atomic E-state index is -4.14. The molecule has 0 bridgehead atoms. The van der Waals surface area contributed by atoms with E-state index in [1.54, 1.807) is 0 Å². The monoisotopic (exact) mass is 264 g/mol. The van der Waals surface area contributed by atoms with Crippen molar-refractivity contribution in [3.8, 4) is 0 Å². The van der Waals surface area contributed by atoms with Gasteiger partial charge in [-0.25, -0.2) is 0 Å². The average molecular weight is 265 g/mol. The van der Waals surface area contributed by atoms with Gasteiger partial charge in [0.1, 0.15) is 0 Å². The molecule has 1 rings (SSSR count). The van der Waals surface area contributed by atoms with Crippen molar-refractivity contribution in [2.75, 3.05) is 0 Å². The molecule has 0 saturated carbocycles. The SMILES string of the molecule is Cc1cc(C)c(C(Cl)CCC(F)(F)F)c(C)c1. The number of rotatable bonds is 3. The van der Waals surface area contributed by atoms with Gasteiger partial charge in [-0.1, -0.05) is 17.7 Å². The molecule has 0 aliphatic rings. The summed E-state index contributed by atoms with van der Waals surface area (Å²) in [6, 6.07) is 3.90. The third kappa shape index (κ3) is 4.23. The Labute approximate surface area is 105 Å². The van der Waals surface area contributed by atoms with Gasteiger partial charge in [0.15, 0.2) is 0 Å². The summed E-state index contributed by atoms with van der Waals surface area (Å²) in [7, 11) is 0. The van der Waals surface area contributed by atoms with E-state index in [0.29, 0.717) is 0 Å². The van der Waals surface area contributed by atoms with E-state index in [1.165, 1.54) is 0 Å². The highest BCUT2D eigenvalue weighted by molar-refractivity contribution is 6.21. The maximum absolute atomic E-state index is 12.1. The van der Waals surface area contributed by atoms with Crippen LogP contribution in [0.2, 0.25) is 0 Å². The molecular weight excluding hydrogens is 249 g/mol. The van der Waals surface area contributed by atoms with Crippen LogP contribution in [0.5, 0.6) is 0 Å². The second-order valence-electron chi connectivity index (χ2n) is 4.43. The van der Waals surface area contributed by atoms with E-state index < -0.39 is 18.0 Å². The summed E-state index contributed by atoms with van der Waals surface area (Å²) < 4.78 is 36.4. The first-order valence-electron chi connectivity index (χ1n) is 5.49. The molecule has 0 amide bonds. The first kappa shape index (κ1) is 14.4. The number of benzene rings is 1. The third-order valence-electron chi connectivity index (χ3n) is 2.73. The van der Waals surface area contributed by atoms with Crippen LogP contribution in [-0.2, 0) is 0 Å². The molecule has 0 radical (unpaired) electrons. The van der Waals surface area contributed by atoms with E-state index in [0.717, 1.165) is 22.3 Å². The van der Waals surface area contributed by atoms with Crippen LogP contribution in [0.25, 0.3) is 0 Å². The van der Waals surface area contributed by atoms with E-state index >= 15 is 0 Å². The number of hydrogen-bond donors (Lipinski definition) is 0. The molecule has 1 aromatic carbocycles. The van der Waals surface area contributed by atoms with Gasteiger partial charge in [-0.3, -0.25) is 0 Å². The zero-order valence-corrected chi connectivity index (χ0v) is 10.9. The molecule has 1 unspecified atom stereocenters. The molecule has 17 heavy (non-hydrogen) atoms. The van der Waals surface area contributed by atoms with Gasteiger partial charge in [-0.2, -0.15) is 13.2 Å². The van der Waals surface area contributed by atoms with Crippen molar-refractivity contribution in [1.82, 2.24) is 0 Å². The molecule has 0 fully saturated rings. The first-order valence-corrected chi connectivity index (χ1v) is 5.93. The zero-order chi connectivity index (χ0) is 13.2. The smallest absolute Gasteiger partial charge is 0.171 e. The van der Waals surface area contributed by atoms with E-state index in [-0.39, 0.29) is 6.42 Å². The van der Waals surface area contributed by atoms with E-state index in [4.69, 9.17) is 11.6 Å². The molecule has 0 heterocycles. The topological polar surface area (TPSA) is 0 Å². The van der Waals surface area contributed by atoms with Crippen molar-refractivity contribution in [2.45, 2.75) is 45.2 Å². The summed E-state index contributed by atoms with van der Waals surface area (Å²) >= 11 is 6.08. The van der Waals surface area contributed by atoms with Crippen LogP contribution in [0.3, 0.4) is 0 Å². The van der Waals surface area contributed by atoms with Crippen molar-refractivity contribution in [3.63, 3.8) is 0 Å². The Morgan fingerprint density at radius 1 is 1.12 bits per heavy atom. The Morgan fingerprint density at radius 2 is 1.59 bits per heavy atom. The van der Waals surface area contributed by atoms with Crippen molar-refractivity contribution in [1.29, 1.82) is 0 Å². The molecule has 0 aliphatic heterocycles. The molecule has 0 nitrogen and oxygen atoms in total. The van der Waals surface area contributed by atoms with Crippen molar-refractivity contribution in [2.24, 2.45) is 0 Å². The van der Waals surface area contributed by atoms with Gasteiger partial charge in [0.2, 0.25) is 0 Å². The van der Waals surface area contributed by atoms with Crippen molar-refractivity contribution in [3.05, 3.63) is 34.4 Å². The van der Waals surface area contributed by atoms with Crippen LogP contribution in [-0.4, -0.2) is 6.18 Å². The Bertz CT molecular complexity index is 373. The van der Waals surface area contributed by atoms with E-state index in [2.05, 4.69) is 0 Å². The van der Waals surface area contributed by atoms with Gasteiger partial charge in [0, 0.05) is 6.42 Å². The van der Waals surface area contributed by atoms with Crippen LogP contribution in [0.1, 0.15) is 40.5 Å². The van der Waals surface area contributed by atoms with Gasteiger partial charge >= 0.3 is 6.18 Å². The summed E-state index contributed by atoms with van der Waals surface area (Å²) in [6.07, 6.45) is -5.05. The Balaban J connectivity index is 2.86. The molecule has 0 aliphatic carbocycles. The highest BCUT2D eigenvalue weighted by Crippen LogP contribution is 2.35. The van der Waals surface area contributed by atoms with Gasteiger partial charge in [-0.15, -0.1) is 11.6 Å². The fourth-order valence-corrected chi connectivity index (χ4v) is 2.57. The van der Waals surface area contributed by atoms with Crippen LogP contribution in [0.4, 0.5) is 13.2 Å². The first-order chi connectivity index (χ1) is 7.70. The molecular formula is C13H16ClF3. The summed E-state index contributed by atoms with van der Waals surface area (Å²) in [4.78, 5) is 0. The molecule has 96 valence electrons. The third-order valence-corrected chi connectivity index (χ3v) is 3.17. The number of alkyl halides is 4. The normalized spacial score (nSPS) is 13.8. The number of halogens is 4. The second kappa shape index (κ2) is 5.30. The Kier molecular flexibility index (Phi) is 4.48. The van der Waals surface area contributed by atoms with Gasteiger partial charge in [-0.05, 0) is 43.9 Å². The fourth-order valence-electron chi connectivity index (χ4n) is 2.12. The maximum atomic E-state index is 12.1. The molecule has 0 N–H and O–H groups in total. The fraction of sp³-hybridized carbons (Fsp3) is 0.538. The lowest BCUT2D eigenvalue weighted by atomic mass is 9.95. The van der Waals surface area contributed by atoms with Gasteiger partial charge in [0.05, 0.1) is 5.38 Å². The standard InChI is InChI=1S/C13H16ClF3/c1-8-6-9(2)12(10(3)7-8)11(14)4-5-13(15,16)17/h6-7,11H,4-5H2,1-3H3. The minimum absolute atomic E-state index is 0.0736.